The van der Waals surface area contributed by atoms with E-state index in [-0.39, 0.29) is 5.82 Å². The fourth-order valence-electron chi connectivity index (χ4n) is 2.47. The molecule has 1 atom stereocenters. The lowest BCUT2D eigenvalue weighted by Crippen LogP contribution is -2.14. The Morgan fingerprint density at radius 2 is 2.24 bits per heavy atom. The molecule has 0 saturated carbocycles. The third kappa shape index (κ3) is 3.43. The molecule has 2 rings (SSSR count). The number of rotatable bonds is 3. The highest BCUT2D eigenvalue weighted by Crippen LogP contribution is 2.23. The van der Waals surface area contributed by atoms with Crippen LogP contribution in [-0.4, -0.2) is 20.2 Å². The molecule has 0 amide bonds. The zero-order valence-electron chi connectivity index (χ0n) is 10.3. The Labute approximate surface area is 102 Å². The van der Waals surface area contributed by atoms with Crippen LogP contribution in [0.4, 0.5) is 4.39 Å². The van der Waals surface area contributed by atoms with Gasteiger partial charge in [0.25, 0.3) is 0 Å². The number of ether oxygens (including phenoxy) is 1. The van der Waals surface area contributed by atoms with E-state index in [0.717, 1.165) is 25.1 Å². The van der Waals surface area contributed by atoms with Crippen molar-refractivity contribution in [3.8, 4) is 5.75 Å². The first-order valence-corrected chi connectivity index (χ1v) is 6.32. The van der Waals surface area contributed by atoms with Crippen molar-refractivity contribution in [1.82, 2.24) is 5.32 Å². The third-order valence-electron chi connectivity index (χ3n) is 3.44. The molecule has 0 spiro atoms. The van der Waals surface area contributed by atoms with Crippen LogP contribution in [0.25, 0.3) is 0 Å². The summed E-state index contributed by atoms with van der Waals surface area (Å²) in [5, 5.41) is 3.40. The number of benzene rings is 1. The summed E-state index contributed by atoms with van der Waals surface area (Å²) in [4.78, 5) is 0. The third-order valence-corrected chi connectivity index (χ3v) is 3.44. The molecule has 1 fully saturated rings. The molecule has 2 nitrogen and oxygen atoms in total. The maximum Gasteiger partial charge on any atom is 0.165 e. The smallest absolute Gasteiger partial charge is 0.165 e. The molecule has 1 aliphatic heterocycles. The minimum absolute atomic E-state index is 0.253. The molecule has 0 bridgehead atoms. The van der Waals surface area contributed by atoms with E-state index in [4.69, 9.17) is 4.74 Å². The number of nitrogens with one attached hydrogen (secondary N) is 1. The van der Waals surface area contributed by atoms with Crippen LogP contribution in [0, 0.1) is 11.7 Å². The number of hydrogen-bond donors (Lipinski definition) is 1. The average Bonchev–Trinajstić information content (AvgIpc) is 2.58. The van der Waals surface area contributed by atoms with E-state index in [1.54, 1.807) is 12.1 Å². The van der Waals surface area contributed by atoms with Gasteiger partial charge >= 0.3 is 0 Å². The van der Waals surface area contributed by atoms with Gasteiger partial charge in [-0.2, -0.15) is 0 Å². The first-order chi connectivity index (χ1) is 8.29. The molecule has 94 valence electrons. The van der Waals surface area contributed by atoms with E-state index >= 15 is 0 Å². The topological polar surface area (TPSA) is 21.3 Å². The molecule has 1 heterocycles. The van der Waals surface area contributed by atoms with Crippen molar-refractivity contribution in [3.05, 3.63) is 29.6 Å². The van der Waals surface area contributed by atoms with Crippen LogP contribution in [0.15, 0.2) is 18.2 Å². The molecule has 1 aromatic carbocycles. The molecule has 3 heteroatoms. The number of halogens is 1. The lowest BCUT2D eigenvalue weighted by molar-refractivity contribution is 0.385. The monoisotopic (exact) mass is 237 g/mol. The van der Waals surface area contributed by atoms with Crippen LogP contribution >= 0.6 is 0 Å². The van der Waals surface area contributed by atoms with E-state index < -0.39 is 0 Å². The maximum absolute atomic E-state index is 13.5. The normalized spacial score (nSPS) is 20.9. The fourth-order valence-corrected chi connectivity index (χ4v) is 2.47. The maximum atomic E-state index is 13.5. The fraction of sp³-hybridized carbons (Fsp3) is 0.571. The van der Waals surface area contributed by atoms with Crippen molar-refractivity contribution < 1.29 is 9.13 Å². The van der Waals surface area contributed by atoms with Crippen molar-refractivity contribution in [1.29, 1.82) is 0 Å². The predicted molar refractivity (Wildman–Crippen MR) is 66.9 cm³/mol. The van der Waals surface area contributed by atoms with E-state index in [2.05, 4.69) is 5.32 Å². The minimum atomic E-state index is -0.253. The Bertz CT molecular complexity index is 359. The highest BCUT2D eigenvalue weighted by atomic mass is 19.1. The first kappa shape index (κ1) is 12.4. The van der Waals surface area contributed by atoms with Crippen LogP contribution in [0.2, 0.25) is 0 Å². The van der Waals surface area contributed by atoms with E-state index in [1.807, 2.05) is 6.07 Å². The van der Waals surface area contributed by atoms with Crippen molar-refractivity contribution in [2.24, 2.45) is 5.92 Å². The summed E-state index contributed by atoms with van der Waals surface area (Å²) in [6.07, 6.45) is 4.63. The quantitative estimate of drug-likeness (QED) is 0.872. The summed E-state index contributed by atoms with van der Waals surface area (Å²) in [5.41, 5.74) is 1.08. The van der Waals surface area contributed by atoms with Crippen molar-refractivity contribution in [3.63, 3.8) is 0 Å². The van der Waals surface area contributed by atoms with Crippen LogP contribution in [-0.2, 0) is 6.42 Å². The summed E-state index contributed by atoms with van der Waals surface area (Å²) in [6.45, 7) is 2.21. The second kappa shape index (κ2) is 6.01. The van der Waals surface area contributed by atoms with Gasteiger partial charge in [0.05, 0.1) is 7.11 Å². The van der Waals surface area contributed by atoms with Gasteiger partial charge in [0.1, 0.15) is 0 Å². The van der Waals surface area contributed by atoms with Gasteiger partial charge in [-0.25, -0.2) is 4.39 Å². The van der Waals surface area contributed by atoms with E-state index in [0.29, 0.717) is 11.7 Å². The van der Waals surface area contributed by atoms with Gasteiger partial charge in [-0.1, -0.05) is 6.07 Å². The van der Waals surface area contributed by atoms with Gasteiger partial charge in [0, 0.05) is 0 Å². The van der Waals surface area contributed by atoms with Gasteiger partial charge in [0.2, 0.25) is 0 Å². The molecule has 0 aliphatic carbocycles. The highest BCUT2D eigenvalue weighted by molar-refractivity contribution is 5.29. The molecule has 1 aromatic rings. The molecule has 1 saturated heterocycles. The Hall–Kier alpha value is -1.09. The molecule has 1 unspecified atom stereocenters. The average molecular weight is 237 g/mol. The molecular weight excluding hydrogens is 217 g/mol. The number of hydrogen-bond acceptors (Lipinski definition) is 2. The Morgan fingerprint density at radius 3 is 3.00 bits per heavy atom. The zero-order valence-corrected chi connectivity index (χ0v) is 10.3. The van der Waals surface area contributed by atoms with Gasteiger partial charge in [-0.3, -0.25) is 0 Å². The standard InChI is InChI=1S/C14H20FNO/c1-17-14-5-4-12(10-13(14)15)9-11-3-2-7-16-8-6-11/h4-5,10-11,16H,2-3,6-9H2,1H3. The van der Waals surface area contributed by atoms with Gasteiger partial charge < -0.3 is 10.1 Å². The summed E-state index contributed by atoms with van der Waals surface area (Å²) >= 11 is 0. The molecule has 17 heavy (non-hydrogen) atoms. The molecular formula is C14H20FNO. The Kier molecular flexibility index (Phi) is 4.37. The lowest BCUT2D eigenvalue weighted by Gasteiger charge is -2.14. The Morgan fingerprint density at radius 1 is 1.35 bits per heavy atom. The zero-order chi connectivity index (χ0) is 12.1. The second-order valence-electron chi connectivity index (χ2n) is 4.72. The largest absolute Gasteiger partial charge is 0.494 e. The van der Waals surface area contributed by atoms with Gasteiger partial charge in [-0.05, 0) is 62.4 Å². The van der Waals surface area contributed by atoms with Crippen LogP contribution in [0.1, 0.15) is 24.8 Å². The number of methoxy groups -OCH3 is 1. The predicted octanol–water partition coefficient (Wildman–Crippen LogP) is 2.77. The van der Waals surface area contributed by atoms with Gasteiger partial charge in [0.15, 0.2) is 11.6 Å². The van der Waals surface area contributed by atoms with Crippen molar-refractivity contribution in [2.75, 3.05) is 20.2 Å². The van der Waals surface area contributed by atoms with Gasteiger partial charge in [-0.15, -0.1) is 0 Å². The summed E-state index contributed by atoms with van der Waals surface area (Å²) in [6, 6.07) is 5.30. The van der Waals surface area contributed by atoms with Crippen molar-refractivity contribution >= 4 is 0 Å². The van der Waals surface area contributed by atoms with Crippen LogP contribution in [0.3, 0.4) is 0 Å². The summed E-state index contributed by atoms with van der Waals surface area (Å²) in [5.74, 6) is 0.755. The second-order valence-corrected chi connectivity index (χ2v) is 4.72. The van der Waals surface area contributed by atoms with Crippen molar-refractivity contribution in [2.45, 2.75) is 25.7 Å². The summed E-state index contributed by atoms with van der Waals surface area (Å²) < 4.78 is 18.5. The first-order valence-electron chi connectivity index (χ1n) is 6.32. The summed E-state index contributed by atoms with van der Waals surface area (Å²) in [7, 11) is 1.50. The molecule has 1 N–H and O–H groups in total. The van der Waals surface area contributed by atoms with E-state index in [1.165, 1.54) is 26.4 Å². The minimum Gasteiger partial charge on any atom is -0.494 e. The SMILES string of the molecule is COc1ccc(CC2CCCNCC2)cc1F. The molecule has 0 aromatic heterocycles. The molecule has 0 radical (unpaired) electrons. The molecule has 1 aliphatic rings. The highest BCUT2D eigenvalue weighted by Gasteiger charge is 2.13. The van der Waals surface area contributed by atoms with E-state index in [9.17, 15) is 4.39 Å². The Balaban J connectivity index is 1.99. The van der Waals surface area contributed by atoms with Crippen LogP contribution < -0.4 is 10.1 Å². The van der Waals surface area contributed by atoms with Crippen LogP contribution in [0.5, 0.6) is 5.75 Å². The lowest BCUT2D eigenvalue weighted by atomic mass is 9.93.